The third kappa shape index (κ3) is 2.23. The number of fused-ring (bicyclic) bond motifs is 1. The second-order valence-electron chi connectivity index (χ2n) is 5.13. The highest BCUT2D eigenvalue weighted by atomic mass is 15.4. The van der Waals surface area contributed by atoms with Gasteiger partial charge in [0.15, 0.2) is 0 Å². The van der Waals surface area contributed by atoms with E-state index in [0.29, 0.717) is 6.04 Å². The van der Waals surface area contributed by atoms with Crippen LogP contribution in [0.2, 0.25) is 0 Å². The lowest BCUT2D eigenvalue weighted by Crippen LogP contribution is -2.48. The molecular weight excluding hydrogens is 226 g/mol. The van der Waals surface area contributed by atoms with Gasteiger partial charge in [0, 0.05) is 39.3 Å². The first-order valence-corrected chi connectivity index (χ1v) is 6.46. The van der Waals surface area contributed by atoms with E-state index in [-0.39, 0.29) is 0 Å². The molecule has 5 heteroatoms. The van der Waals surface area contributed by atoms with Gasteiger partial charge in [-0.1, -0.05) is 11.3 Å². The van der Waals surface area contributed by atoms with E-state index in [0.717, 1.165) is 37.2 Å². The van der Waals surface area contributed by atoms with Crippen molar-refractivity contribution in [1.29, 1.82) is 0 Å². The van der Waals surface area contributed by atoms with Crippen LogP contribution in [0.1, 0.15) is 12.5 Å². The van der Waals surface area contributed by atoms with Crippen molar-refractivity contribution < 1.29 is 0 Å². The second-order valence-corrected chi connectivity index (χ2v) is 5.13. The Hall–Kier alpha value is -1.46. The number of nitrogens with zero attached hydrogens (tertiary/aromatic N) is 4. The molecule has 1 aromatic heterocycles. The minimum atomic E-state index is 0.582. The van der Waals surface area contributed by atoms with Gasteiger partial charge in [0.2, 0.25) is 0 Å². The zero-order chi connectivity index (χ0) is 12.5. The highest BCUT2D eigenvalue weighted by molar-refractivity contribution is 5.74. The van der Waals surface area contributed by atoms with Gasteiger partial charge in [-0.05, 0) is 24.6 Å². The Morgan fingerprint density at radius 3 is 3.17 bits per heavy atom. The molecule has 0 unspecified atom stereocenters. The molecule has 1 atom stereocenters. The van der Waals surface area contributed by atoms with Crippen LogP contribution in [-0.2, 0) is 13.6 Å². The molecule has 96 valence electrons. The SMILES string of the molecule is C[C@@H]1CN(Cc2ccc3c(c2)nnn3C)CCN1. The van der Waals surface area contributed by atoms with Gasteiger partial charge in [0.1, 0.15) is 5.52 Å². The monoisotopic (exact) mass is 245 g/mol. The van der Waals surface area contributed by atoms with Crippen molar-refractivity contribution in [3.63, 3.8) is 0 Å². The summed E-state index contributed by atoms with van der Waals surface area (Å²) >= 11 is 0. The maximum atomic E-state index is 4.17. The predicted molar refractivity (Wildman–Crippen MR) is 71.3 cm³/mol. The van der Waals surface area contributed by atoms with E-state index < -0.39 is 0 Å². The average Bonchev–Trinajstić information content (AvgIpc) is 2.71. The highest BCUT2D eigenvalue weighted by Gasteiger charge is 2.15. The Morgan fingerprint density at radius 2 is 2.33 bits per heavy atom. The number of piperazine rings is 1. The van der Waals surface area contributed by atoms with Crippen LogP contribution in [0, 0.1) is 0 Å². The largest absolute Gasteiger partial charge is 0.312 e. The van der Waals surface area contributed by atoms with Crippen molar-refractivity contribution in [2.75, 3.05) is 19.6 Å². The molecule has 18 heavy (non-hydrogen) atoms. The Morgan fingerprint density at radius 1 is 1.44 bits per heavy atom. The summed E-state index contributed by atoms with van der Waals surface area (Å²) in [7, 11) is 1.92. The van der Waals surface area contributed by atoms with Gasteiger partial charge >= 0.3 is 0 Å². The smallest absolute Gasteiger partial charge is 0.113 e. The molecule has 2 aromatic rings. The molecule has 5 nitrogen and oxygen atoms in total. The average molecular weight is 245 g/mol. The van der Waals surface area contributed by atoms with E-state index in [2.05, 4.69) is 45.7 Å². The first-order chi connectivity index (χ1) is 8.72. The molecule has 3 rings (SSSR count). The van der Waals surface area contributed by atoms with E-state index in [1.54, 1.807) is 0 Å². The van der Waals surface area contributed by atoms with Crippen LogP contribution in [0.4, 0.5) is 0 Å². The summed E-state index contributed by atoms with van der Waals surface area (Å²) in [6.45, 7) is 6.53. The van der Waals surface area contributed by atoms with E-state index in [9.17, 15) is 0 Å². The summed E-state index contributed by atoms with van der Waals surface area (Å²) in [5.74, 6) is 0. The number of aromatic nitrogens is 3. The van der Waals surface area contributed by atoms with E-state index in [1.165, 1.54) is 5.56 Å². The van der Waals surface area contributed by atoms with E-state index in [1.807, 2.05) is 11.7 Å². The zero-order valence-corrected chi connectivity index (χ0v) is 10.9. The Labute approximate surface area is 107 Å². The van der Waals surface area contributed by atoms with Crippen LogP contribution in [0.5, 0.6) is 0 Å². The molecule has 1 N–H and O–H groups in total. The van der Waals surface area contributed by atoms with Crippen molar-refractivity contribution >= 4 is 11.0 Å². The van der Waals surface area contributed by atoms with Gasteiger partial charge < -0.3 is 5.32 Å². The maximum absolute atomic E-state index is 4.17. The molecule has 0 bridgehead atoms. The first-order valence-electron chi connectivity index (χ1n) is 6.46. The molecule has 0 spiro atoms. The molecule has 1 aromatic carbocycles. The van der Waals surface area contributed by atoms with Gasteiger partial charge in [-0.15, -0.1) is 5.10 Å². The molecule has 1 aliphatic heterocycles. The van der Waals surface area contributed by atoms with Gasteiger partial charge in [0.05, 0.1) is 5.52 Å². The van der Waals surface area contributed by atoms with Crippen molar-refractivity contribution in [2.45, 2.75) is 19.5 Å². The van der Waals surface area contributed by atoms with Crippen LogP contribution < -0.4 is 5.32 Å². The van der Waals surface area contributed by atoms with E-state index in [4.69, 9.17) is 0 Å². The number of hydrogen-bond donors (Lipinski definition) is 1. The molecular formula is C13H19N5. The summed E-state index contributed by atoms with van der Waals surface area (Å²) in [4.78, 5) is 2.48. The second kappa shape index (κ2) is 4.66. The Bertz CT molecular complexity index is 547. The minimum Gasteiger partial charge on any atom is -0.312 e. The molecule has 1 fully saturated rings. The predicted octanol–water partition coefficient (Wildman–Crippen LogP) is 0.762. The van der Waals surface area contributed by atoms with Gasteiger partial charge in [-0.2, -0.15) is 0 Å². The normalized spacial score (nSPS) is 21.6. The summed E-state index contributed by atoms with van der Waals surface area (Å²) in [6, 6.07) is 7.02. The number of benzene rings is 1. The number of rotatable bonds is 2. The van der Waals surface area contributed by atoms with Crippen LogP contribution in [-0.4, -0.2) is 45.6 Å². The topological polar surface area (TPSA) is 46.0 Å². The maximum Gasteiger partial charge on any atom is 0.113 e. The Balaban J connectivity index is 1.78. The van der Waals surface area contributed by atoms with Crippen molar-refractivity contribution in [3.05, 3.63) is 23.8 Å². The summed E-state index contributed by atoms with van der Waals surface area (Å²) < 4.78 is 1.81. The molecule has 0 radical (unpaired) electrons. The van der Waals surface area contributed by atoms with Crippen LogP contribution in [0.3, 0.4) is 0 Å². The van der Waals surface area contributed by atoms with Gasteiger partial charge in [0.25, 0.3) is 0 Å². The summed E-state index contributed by atoms with van der Waals surface area (Å²) in [5, 5.41) is 11.7. The molecule has 0 amide bonds. The van der Waals surface area contributed by atoms with Gasteiger partial charge in [-0.25, -0.2) is 4.68 Å². The highest BCUT2D eigenvalue weighted by Crippen LogP contribution is 2.14. The third-order valence-corrected chi connectivity index (χ3v) is 3.53. The molecule has 2 heterocycles. The molecule has 1 aliphatic rings. The fourth-order valence-electron chi connectivity index (χ4n) is 2.60. The summed E-state index contributed by atoms with van der Waals surface area (Å²) in [6.07, 6.45) is 0. The van der Waals surface area contributed by atoms with Gasteiger partial charge in [-0.3, -0.25) is 4.90 Å². The fraction of sp³-hybridized carbons (Fsp3) is 0.538. The van der Waals surface area contributed by atoms with Crippen molar-refractivity contribution in [2.24, 2.45) is 7.05 Å². The van der Waals surface area contributed by atoms with Crippen LogP contribution >= 0.6 is 0 Å². The number of hydrogen-bond acceptors (Lipinski definition) is 4. The molecule has 1 saturated heterocycles. The molecule has 0 aliphatic carbocycles. The fourth-order valence-corrected chi connectivity index (χ4v) is 2.60. The minimum absolute atomic E-state index is 0.582. The van der Waals surface area contributed by atoms with Crippen molar-refractivity contribution in [1.82, 2.24) is 25.2 Å². The lowest BCUT2D eigenvalue weighted by Gasteiger charge is -2.31. The first kappa shape index (κ1) is 11.6. The Kier molecular flexibility index (Phi) is 3.01. The number of nitrogens with one attached hydrogen (secondary N) is 1. The van der Waals surface area contributed by atoms with Crippen molar-refractivity contribution in [3.8, 4) is 0 Å². The standard InChI is InChI=1S/C13H19N5/c1-10-8-18(6-5-14-10)9-11-3-4-13-12(7-11)15-16-17(13)2/h3-4,7,10,14H,5-6,8-9H2,1-2H3/t10-/m1/s1. The lowest BCUT2D eigenvalue weighted by molar-refractivity contribution is 0.200. The summed E-state index contributed by atoms with van der Waals surface area (Å²) in [5.41, 5.74) is 3.39. The number of aryl methyl sites for hydroxylation is 1. The third-order valence-electron chi connectivity index (χ3n) is 3.53. The van der Waals surface area contributed by atoms with Crippen LogP contribution in [0.25, 0.3) is 11.0 Å². The molecule has 0 saturated carbocycles. The van der Waals surface area contributed by atoms with Crippen LogP contribution in [0.15, 0.2) is 18.2 Å². The lowest BCUT2D eigenvalue weighted by atomic mass is 10.1. The van der Waals surface area contributed by atoms with E-state index >= 15 is 0 Å². The quantitative estimate of drug-likeness (QED) is 0.848. The zero-order valence-electron chi connectivity index (χ0n) is 10.9.